The molecule has 1 atom stereocenters. The number of hydrogen-bond donors (Lipinski definition) is 0. The van der Waals surface area contributed by atoms with Gasteiger partial charge in [-0.3, -0.25) is 9.59 Å². The summed E-state index contributed by atoms with van der Waals surface area (Å²) in [6.07, 6.45) is 0.220. The molecule has 1 unspecified atom stereocenters. The zero-order chi connectivity index (χ0) is 20.1. The van der Waals surface area contributed by atoms with Gasteiger partial charge in [-0.25, -0.2) is 0 Å². The summed E-state index contributed by atoms with van der Waals surface area (Å²) in [5.41, 5.74) is 1.21. The van der Waals surface area contributed by atoms with E-state index in [2.05, 4.69) is 0 Å². The Kier molecular flexibility index (Phi) is 4.10. The zero-order valence-electron chi connectivity index (χ0n) is 16.4. The van der Waals surface area contributed by atoms with Crippen LogP contribution in [-0.4, -0.2) is 31.9 Å². The standard InChI is InChI=1S/C22H23NO5/c1-21(2)27-19(24)22(20(25)28-21)13-15-7-5-6-8-17(15)23(3)18(22)14-9-11-16(26-4)12-10-14/h5-12,18H,13H2,1-4H3. The van der Waals surface area contributed by atoms with Crippen molar-refractivity contribution in [3.63, 3.8) is 0 Å². The minimum atomic E-state index is -1.48. The fraction of sp³-hybridized carbons (Fsp3) is 0.364. The van der Waals surface area contributed by atoms with E-state index in [0.29, 0.717) is 5.75 Å². The van der Waals surface area contributed by atoms with Crippen LogP contribution in [0.25, 0.3) is 0 Å². The number of methoxy groups -OCH3 is 1. The van der Waals surface area contributed by atoms with E-state index in [-0.39, 0.29) is 6.42 Å². The molecule has 6 nitrogen and oxygen atoms in total. The van der Waals surface area contributed by atoms with E-state index in [1.54, 1.807) is 21.0 Å². The van der Waals surface area contributed by atoms with E-state index >= 15 is 0 Å². The van der Waals surface area contributed by atoms with Crippen LogP contribution in [0.15, 0.2) is 48.5 Å². The number of cyclic esters (lactones) is 2. The first-order valence-electron chi connectivity index (χ1n) is 9.20. The summed E-state index contributed by atoms with van der Waals surface area (Å²) >= 11 is 0. The maximum Gasteiger partial charge on any atom is 0.329 e. The number of para-hydroxylation sites is 1. The Morgan fingerprint density at radius 1 is 1.00 bits per heavy atom. The van der Waals surface area contributed by atoms with Gasteiger partial charge in [-0.05, 0) is 29.3 Å². The Hall–Kier alpha value is -3.02. The topological polar surface area (TPSA) is 65.1 Å². The number of carbonyl (C=O) groups is 2. The molecule has 1 fully saturated rings. The third-order valence-electron chi connectivity index (χ3n) is 5.53. The third kappa shape index (κ3) is 2.63. The first kappa shape index (κ1) is 18.3. The van der Waals surface area contributed by atoms with Gasteiger partial charge in [-0.1, -0.05) is 30.3 Å². The lowest BCUT2D eigenvalue weighted by atomic mass is 9.68. The fourth-order valence-electron chi connectivity index (χ4n) is 4.27. The fourth-order valence-corrected chi connectivity index (χ4v) is 4.27. The molecule has 146 valence electrons. The van der Waals surface area contributed by atoms with Crippen LogP contribution >= 0.6 is 0 Å². The Balaban J connectivity index is 1.91. The predicted molar refractivity (Wildman–Crippen MR) is 103 cm³/mol. The molecular weight excluding hydrogens is 358 g/mol. The van der Waals surface area contributed by atoms with Gasteiger partial charge in [0.1, 0.15) is 5.75 Å². The number of carbonyl (C=O) groups excluding carboxylic acids is 2. The van der Waals surface area contributed by atoms with Crippen molar-refractivity contribution in [1.29, 1.82) is 0 Å². The van der Waals surface area contributed by atoms with Gasteiger partial charge in [0.2, 0.25) is 0 Å². The molecule has 0 saturated carbocycles. The molecule has 1 saturated heterocycles. The Morgan fingerprint density at radius 3 is 2.21 bits per heavy atom. The molecule has 4 rings (SSSR count). The van der Waals surface area contributed by atoms with Gasteiger partial charge in [0.05, 0.1) is 13.2 Å². The number of hydrogen-bond acceptors (Lipinski definition) is 6. The summed E-state index contributed by atoms with van der Waals surface area (Å²) in [7, 11) is 3.48. The maximum atomic E-state index is 13.3. The summed E-state index contributed by atoms with van der Waals surface area (Å²) in [6, 6.07) is 14.6. The Bertz CT molecular complexity index is 914. The summed E-state index contributed by atoms with van der Waals surface area (Å²) < 4.78 is 16.4. The second-order valence-corrected chi connectivity index (χ2v) is 7.74. The third-order valence-corrected chi connectivity index (χ3v) is 5.53. The summed E-state index contributed by atoms with van der Waals surface area (Å²) in [5, 5.41) is 0. The van der Waals surface area contributed by atoms with Crippen molar-refractivity contribution in [2.24, 2.45) is 5.41 Å². The van der Waals surface area contributed by atoms with Crippen molar-refractivity contribution in [1.82, 2.24) is 0 Å². The number of rotatable bonds is 2. The summed E-state index contributed by atoms with van der Waals surface area (Å²) in [5.74, 6) is -1.70. The molecule has 1 spiro atoms. The van der Waals surface area contributed by atoms with Crippen LogP contribution in [0.5, 0.6) is 5.75 Å². The second-order valence-electron chi connectivity index (χ2n) is 7.74. The van der Waals surface area contributed by atoms with Crippen LogP contribution in [0.2, 0.25) is 0 Å². The molecule has 2 heterocycles. The van der Waals surface area contributed by atoms with Crippen LogP contribution in [0.1, 0.15) is 31.0 Å². The van der Waals surface area contributed by atoms with Crippen molar-refractivity contribution in [3.8, 4) is 5.75 Å². The molecule has 28 heavy (non-hydrogen) atoms. The van der Waals surface area contributed by atoms with Crippen LogP contribution in [-0.2, 0) is 25.5 Å². The average molecular weight is 381 g/mol. The lowest BCUT2D eigenvalue weighted by Crippen LogP contribution is -2.61. The first-order valence-corrected chi connectivity index (χ1v) is 9.20. The first-order chi connectivity index (χ1) is 13.3. The van der Waals surface area contributed by atoms with Gasteiger partial charge in [-0.2, -0.15) is 0 Å². The van der Waals surface area contributed by atoms with E-state index in [4.69, 9.17) is 14.2 Å². The van der Waals surface area contributed by atoms with Gasteiger partial charge >= 0.3 is 11.9 Å². The largest absolute Gasteiger partial charge is 0.497 e. The van der Waals surface area contributed by atoms with Gasteiger partial charge in [0.15, 0.2) is 5.41 Å². The Labute approximate surface area is 164 Å². The van der Waals surface area contributed by atoms with Gasteiger partial charge < -0.3 is 19.1 Å². The van der Waals surface area contributed by atoms with Crippen LogP contribution in [0.3, 0.4) is 0 Å². The number of esters is 2. The van der Waals surface area contributed by atoms with Gasteiger partial charge in [-0.15, -0.1) is 0 Å². The van der Waals surface area contributed by atoms with E-state index in [9.17, 15) is 9.59 Å². The molecule has 2 aliphatic heterocycles. The highest BCUT2D eigenvalue weighted by molar-refractivity contribution is 6.04. The van der Waals surface area contributed by atoms with Crippen LogP contribution in [0.4, 0.5) is 5.69 Å². The molecular formula is C22H23NO5. The van der Waals surface area contributed by atoms with Gasteiger partial charge in [0, 0.05) is 33.0 Å². The van der Waals surface area contributed by atoms with Crippen molar-refractivity contribution in [2.75, 3.05) is 19.1 Å². The molecule has 0 amide bonds. The van der Waals surface area contributed by atoms with Crippen LogP contribution in [0, 0.1) is 5.41 Å². The number of benzene rings is 2. The molecule has 0 bridgehead atoms. The predicted octanol–water partition coefficient (Wildman–Crippen LogP) is 3.25. The van der Waals surface area contributed by atoms with E-state index < -0.39 is 29.2 Å². The van der Waals surface area contributed by atoms with E-state index in [1.807, 2.05) is 60.5 Å². The zero-order valence-corrected chi connectivity index (χ0v) is 16.4. The minimum Gasteiger partial charge on any atom is -0.497 e. The highest BCUT2D eigenvalue weighted by Gasteiger charge is 2.63. The van der Waals surface area contributed by atoms with E-state index in [1.165, 1.54) is 0 Å². The lowest BCUT2D eigenvalue weighted by Gasteiger charge is -2.50. The second kappa shape index (κ2) is 6.26. The Morgan fingerprint density at radius 2 is 1.61 bits per heavy atom. The van der Waals surface area contributed by atoms with Gasteiger partial charge in [0.25, 0.3) is 5.79 Å². The summed E-state index contributed by atoms with van der Waals surface area (Å²) in [6.45, 7) is 3.14. The molecule has 6 heteroatoms. The highest BCUT2D eigenvalue weighted by Crippen LogP contribution is 2.52. The molecule has 0 radical (unpaired) electrons. The molecule has 0 aromatic heterocycles. The molecule has 0 aliphatic carbocycles. The molecule has 2 aromatic carbocycles. The monoisotopic (exact) mass is 381 g/mol. The van der Waals surface area contributed by atoms with Crippen molar-refractivity contribution in [3.05, 3.63) is 59.7 Å². The normalized spacial score (nSPS) is 22.3. The quantitative estimate of drug-likeness (QED) is 0.588. The molecule has 0 N–H and O–H groups in total. The molecule has 2 aromatic rings. The van der Waals surface area contributed by atoms with Crippen molar-refractivity contribution < 1.29 is 23.8 Å². The summed E-state index contributed by atoms with van der Waals surface area (Å²) in [4.78, 5) is 28.5. The van der Waals surface area contributed by atoms with Crippen molar-refractivity contribution in [2.45, 2.75) is 32.1 Å². The number of anilines is 1. The average Bonchev–Trinajstić information content (AvgIpc) is 2.66. The van der Waals surface area contributed by atoms with E-state index in [0.717, 1.165) is 16.8 Å². The minimum absolute atomic E-state index is 0.220. The number of ether oxygens (including phenoxy) is 3. The highest BCUT2D eigenvalue weighted by atomic mass is 16.7. The van der Waals surface area contributed by atoms with Crippen LogP contribution < -0.4 is 9.64 Å². The number of fused-ring (bicyclic) bond motifs is 1. The molecule has 2 aliphatic rings. The maximum absolute atomic E-state index is 13.3. The lowest BCUT2D eigenvalue weighted by molar-refractivity contribution is -0.253. The van der Waals surface area contributed by atoms with Crippen molar-refractivity contribution >= 4 is 17.6 Å². The smallest absolute Gasteiger partial charge is 0.329 e. The SMILES string of the molecule is COc1ccc(C2N(C)c3ccccc3CC23C(=O)OC(C)(C)OC3=O)cc1. The number of nitrogens with zero attached hydrogens (tertiary/aromatic N) is 1.